The molecule has 0 aliphatic heterocycles. The van der Waals surface area contributed by atoms with Crippen molar-refractivity contribution < 1.29 is 14.0 Å². The Morgan fingerprint density at radius 2 is 2.07 bits per heavy atom. The predicted molar refractivity (Wildman–Crippen MR) is 57.3 cm³/mol. The van der Waals surface area contributed by atoms with Gasteiger partial charge in [-0.05, 0) is 40.8 Å². The number of nitrogens with one attached hydrogen (secondary N) is 1. The van der Waals surface area contributed by atoms with Crippen molar-refractivity contribution in [3.8, 4) is 0 Å². The molecule has 0 fully saturated rings. The molecule has 0 aliphatic carbocycles. The van der Waals surface area contributed by atoms with Crippen LogP contribution in [0.5, 0.6) is 0 Å². The molecule has 1 aromatic rings. The smallest absolute Gasteiger partial charge is 0.258 e. The number of amides is 2. The summed E-state index contributed by atoms with van der Waals surface area (Å²) in [5.74, 6) is -1.36. The van der Waals surface area contributed by atoms with Crippen LogP contribution in [0.1, 0.15) is 17.3 Å². The van der Waals surface area contributed by atoms with Crippen LogP contribution >= 0.6 is 22.6 Å². The lowest BCUT2D eigenvalue weighted by Gasteiger charge is -2.03. The Hall–Kier alpha value is -0.980. The molecule has 0 bridgehead atoms. The van der Waals surface area contributed by atoms with E-state index in [0.717, 1.165) is 0 Å². The zero-order valence-electron chi connectivity index (χ0n) is 7.30. The molecule has 0 radical (unpaired) electrons. The van der Waals surface area contributed by atoms with E-state index >= 15 is 0 Å². The standard InChI is InChI=1S/C9H7FINO2/c1-5(13)12-9(14)7-3-2-6(10)4-8(7)11/h2-4H,1H3,(H,12,13,14). The van der Waals surface area contributed by atoms with E-state index in [-0.39, 0.29) is 0 Å². The highest BCUT2D eigenvalue weighted by molar-refractivity contribution is 14.1. The highest BCUT2D eigenvalue weighted by atomic mass is 127. The van der Waals surface area contributed by atoms with Crippen LogP contribution in [-0.4, -0.2) is 11.8 Å². The summed E-state index contributed by atoms with van der Waals surface area (Å²) in [5, 5.41) is 2.11. The second-order valence-electron chi connectivity index (χ2n) is 2.63. The van der Waals surface area contributed by atoms with E-state index in [9.17, 15) is 14.0 Å². The predicted octanol–water partition coefficient (Wildman–Crippen LogP) is 1.71. The minimum atomic E-state index is -0.512. The first kappa shape index (κ1) is 11.1. The van der Waals surface area contributed by atoms with Gasteiger partial charge in [0, 0.05) is 10.5 Å². The van der Waals surface area contributed by atoms with E-state index in [2.05, 4.69) is 5.32 Å². The molecule has 74 valence electrons. The van der Waals surface area contributed by atoms with E-state index in [1.54, 1.807) is 0 Å². The first-order valence-electron chi connectivity index (χ1n) is 3.77. The quantitative estimate of drug-likeness (QED) is 0.803. The van der Waals surface area contributed by atoms with Crippen molar-refractivity contribution >= 4 is 34.4 Å². The van der Waals surface area contributed by atoms with Gasteiger partial charge >= 0.3 is 0 Å². The van der Waals surface area contributed by atoms with Gasteiger partial charge in [0.2, 0.25) is 5.91 Å². The number of carbonyl (C=O) groups is 2. The van der Waals surface area contributed by atoms with Crippen LogP contribution in [0.25, 0.3) is 0 Å². The van der Waals surface area contributed by atoms with Crippen LogP contribution in [0, 0.1) is 9.39 Å². The maximum Gasteiger partial charge on any atom is 0.258 e. The van der Waals surface area contributed by atoms with Gasteiger partial charge in [0.05, 0.1) is 5.56 Å². The number of imide groups is 1. The summed E-state index contributed by atoms with van der Waals surface area (Å²) in [6, 6.07) is 3.75. The highest BCUT2D eigenvalue weighted by Crippen LogP contribution is 2.13. The third kappa shape index (κ3) is 2.76. The van der Waals surface area contributed by atoms with Crippen molar-refractivity contribution in [2.45, 2.75) is 6.92 Å². The number of rotatable bonds is 1. The fraction of sp³-hybridized carbons (Fsp3) is 0.111. The van der Waals surface area contributed by atoms with E-state index in [4.69, 9.17) is 0 Å². The maximum atomic E-state index is 12.7. The molecule has 3 nitrogen and oxygen atoms in total. The van der Waals surface area contributed by atoms with Crippen LogP contribution in [0.4, 0.5) is 4.39 Å². The molecular formula is C9H7FINO2. The van der Waals surface area contributed by atoms with Crippen molar-refractivity contribution in [1.82, 2.24) is 5.32 Å². The van der Waals surface area contributed by atoms with Gasteiger partial charge in [-0.3, -0.25) is 14.9 Å². The minimum Gasteiger partial charge on any atom is -0.293 e. The Balaban J connectivity index is 2.96. The zero-order chi connectivity index (χ0) is 10.7. The van der Waals surface area contributed by atoms with Crippen LogP contribution in [0.15, 0.2) is 18.2 Å². The summed E-state index contributed by atoms with van der Waals surface area (Å²) in [5.41, 5.74) is 0.294. The molecule has 0 heterocycles. The second kappa shape index (κ2) is 4.50. The molecule has 1 aromatic carbocycles. The summed E-state index contributed by atoms with van der Waals surface area (Å²) in [7, 11) is 0. The van der Waals surface area contributed by atoms with Gasteiger partial charge in [-0.2, -0.15) is 0 Å². The fourth-order valence-corrected chi connectivity index (χ4v) is 1.62. The SMILES string of the molecule is CC(=O)NC(=O)c1ccc(F)cc1I. The van der Waals surface area contributed by atoms with Crippen LogP contribution < -0.4 is 5.32 Å². The maximum absolute atomic E-state index is 12.7. The number of halogens is 2. The Morgan fingerprint density at radius 1 is 1.43 bits per heavy atom. The first-order valence-corrected chi connectivity index (χ1v) is 4.85. The van der Waals surface area contributed by atoms with Crippen LogP contribution in [0.2, 0.25) is 0 Å². The van der Waals surface area contributed by atoms with Gasteiger partial charge in [-0.15, -0.1) is 0 Å². The van der Waals surface area contributed by atoms with Gasteiger partial charge in [0.25, 0.3) is 5.91 Å². The van der Waals surface area contributed by atoms with E-state index < -0.39 is 17.6 Å². The summed E-state index contributed by atoms with van der Waals surface area (Å²) < 4.78 is 13.1. The molecule has 0 aliphatic rings. The molecular weight excluding hydrogens is 300 g/mol. The van der Waals surface area contributed by atoms with Gasteiger partial charge in [0.1, 0.15) is 5.82 Å². The Kier molecular flexibility index (Phi) is 3.56. The van der Waals surface area contributed by atoms with Gasteiger partial charge in [0.15, 0.2) is 0 Å². The highest BCUT2D eigenvalue weighted by Gasteiger charge is 2.11. The number of hydrogen-bond donors (Lipinski definition) is 1. The Morgan fingerprint density at radius 3 is 2.57 bits per heavy atom. The minimum absolute atomic E-state index is 0.294. The Labute approximate surface area is 93.8 Å². The van der Waals surface area contributed by atoms with Crippen molar-refractivity contribution in [1.29, 1.82) is 0 Å². The topological polar surface area (TPSA) is 46.2 Å². The average molecular weight is 307 g/mol. The van der Waals surface area contributed by atoms with Crippen molar-refractivity contribution in [2.24, 2.45) is 0 Å². The zero-order valence-corrected chi connectivity index (χ0v) is 9.46. The van der Waals surface area contributed by atoms with Gasteiger partial charge in [-0.1, -0.05) is 0 Å². The average Bonchev–Trinajstić information content (AvgIpc) is 2.01. The third-order valence-corrected chi connectivity index (χ3v) is 2.36. The molecule has 0 unspecified atom stereocenters. The summed E-state index contributed by atoms with van der Waals surface area (Å²) in [6.07, 6.45) is 0. The molecule has 1 rings (SSSR count). The molecule has 14 heavy (non-hydrogen) atoms. The van der Waals surface area contributed by atoms with E-state index in [1.807, 2.05) is 22.6 Å². The van der Waals surface area contributed by atoms with Gasteiger partial charge in [-0.25, -0.2) is 4.39 Å². The first-order chi connectivity index (χ1) is 6.50. The third-order valence-electron chi connectivity index (χ3n) is 1.47. The Bertz CT molecular complexity index is 392. The number of hydrogen-bond acceptors (Lipinski definition) is 2. The number of carbonyl (C=O) groups excluding carboxylic acids is 2. The lowest BCUT2D eigenvalue weighted by Crippen LogP contribution is -2.28. The second-order valence-corrected chi connectivity index (χ2v) is 3.80. The monoisotopic (exact) mass is 307 g/mol. The van der Waals surface area contributed by atoms with E-state index in [0.29, 0.717) is 9.13 Å². The summed E-state index contributed by atoms with van der Waals surface area (Å²) in [4.78, 5) is 21.9. The molecule has 2 amide bonds. The summed E-state index contributed by atoms with van der Waals surface area (Å²) >= 11 is 1.84. The van der Waals surface area contributed by atoms with Crippen molar-refractivity contribution in [3.63, 3.8) is 0 Å². The molecule has 0 saturated heterocycles. The van der Waals surface area contributed by atoms with E-state index in [1.165, 1.54) is 25.1 Å². The van der Waals surface area contributed by atoms with Gasteiger partial charge < -0.3 is 0 Å². The lowest BCUT2D eigenvalue weighted by molar-refractivity contribution is -0.118. The van der Waals surface area contributed by atoms with Crippen LogP contribution in [0.3, 0.4) is 0 Å². The number of benzene rings is 1. The lowest BCUT2D eigenvalue weighted by atomic mass is 10.2. The molecule has 1 N–H and O–H groups in total. The normalized spacial score (nSPS) is 9.64. The molecule has 0 saturated carbocycles. The molecule has 0 atom stereocenters. The van der Waals surface area contributed by atoms with Crippen molar-refractivity contribution in [2.75, 3.05) is 0 Å². The summed E-state index contributed by atoms with van der Waals surface area (Å²) in [6.45, 7) is 1.24. The fourth-order valence-electron chi connectivity index (χ4n) is 0.901. The molecule has 0 aromatic heterocycles. The largest absolute Gasteiger partial charge is 0.293 e. The van der Waals surface area contributed by atoms with Crippen LogP contribution in [-0.2, 0) is 4.79 Å². The molecule has 5 heteroatoms. The molecule has 0 spiro atoms. The van der Waals surface area contributed by atoms with Crippen molar-refractivity contribution in [3.05, 3.63) is 33.1 Å².